The Bertz CT molecular complexity index is 139. The van der Waals surface area contributed by atoms with Crippen LogP contribution >= 0.6 is 0 Å². The molecule has 0 unspecified atom stereocenters. The first kappa shape index (κ1) is 9.96. The quantitative estimate of drug-likeness (QED) is 0.682. The summed E-state index contributed by atoms with van der Waals surface area (Å²) in [7, 11) is 0. The van der Waals surface area contributed by atoms with Gasteiger partial charge in [0.2, 0.25) is 0 Å². The zero-order chi connectivity index (χ0) is 9.19. The third-order valence-electron chi connectivity index (χ3n) is 1.91. The standard InChI is InChI=1S/C9H18O3/c1-9(2,3)8-11-6-7(12-8)4-5-10/h7-8,10H,4-6H2,1-3H3/t7-,8+/m0/s1. The average Bonchev–Trinajstić information content (AvgIpc) is 2.35. The highest BCUT2D eigenvalue weighted by Crippen LogP contribution is 2.29. The first-order chi connectivity index (χ1) is 5.54. The van der Waals surface area contributed by atoms with Crippen LogP contribution in [-0.4, -0.2) is 30.7 Å². The number of ether oxygens (including phenoxy) is 2. The molecule has 0 bridgehead atoms. The molecule has 12 heavy (non-hydrogen) atoms. The maximum Gasteiger partial charge on any atom is 0.162 e. The fourth-order valence-corrected chi connectivity index (χ4v) is 1.20. The van der Waals surface area contributed by atoms with Gasteiger partial charge in [-0.1, -0.05) is 20.8 Å². The van der Waals surface area contributed by atoms with E-state index in [-0.39, 0.29) is 24.4 Å². The molecule has 0 aromatic heterocycles. The Morgan fingerprint density at radius 3 is 2.50 bits per heavy atom. The molecule has 1 saturated heterocycles. The van der Waals surface area contributed by atoms with Crippen LogP contribution in [0.5, 0.6) is 0 Å². The summed E-state index contributed by atoms with van der Waals surface area (Å²) in [6, 6.07) is 0. The second-order valence-corrected chi connectivity index (χ2v) is 4.30. The lowest BCUT2D eigenvalue weighted by atomic mass is 9.96. The minimum Gasteiger partial charge on any atom is -0.396 e. The topological polar surface area (TPSA) is 38.7 Å². The van der Waals surface area contributed by atoms with Crippen LogP contribution in [0.15, 0.2) is 0 Å². The van der Waals surface area contributed by atoms with Crippen molar-refractivity contribution in [3.63, 3.8) is 0 Å². The highest BCUT2D eigenvalue weighted by molar-refractivity contribution is 4.74. The van der Waals surface area contributed by atoms with Crippen LogP contribution in [0.2, 0.25) is 0 Å². The Morgan fingerprint density at radius 2 is 2.08 bits per heavy atom. The predicted molar refractivity (Wildman–Crippen MR) is 45.8 cm³/mol. The fourth-order valence-electron chi connectivity index (χ4n) is 1.20. The van der Waals surface area contributed by atoms with Crippen LogP contribution < -0.4 is 0 Å². The van der Waals surface area contributed by atoms with E-state index < -0.39 is 0 Å². The first-order valence-electron chi connectivity index (χ1n) is 4.42. The van der Waals surface area contributed by atoms with Gasteiger partial charge in [-0.3, -0.25) is 0 Å². The SMILES string of the molecule is CC(C)(C)[C@@H]1OC[C@H](CCO)O1. The molecule has 1 fully saturated rings. The van der Waals surface area contributed by atoms with Gasteiger partial charge in [0.15, 0.2) is 6.29 Å². The summed E-state index contributed by atoms with van der Waals surface area (Å²) in [5.41, 5.74) is 0.0320. The van der Waals surface area contributed by atoms with E-state index in [4.69, 9.17) is 14.6 Å². The minimum atomic E-state index is -0.117. The summed E-state index contributed by atoms with van der Waals surface area (Å²) in [5.74, 6) is 0. The number of hydrogen-bond acceptors (Lipinski definition) is 3. The van der Waals surface area contributed by atoms with Crippen molar-refractivity contribution in [1.29, 1.82) is 0 Å². The third-order valence-corrected chi connectivity index (χ3v) is 1.91. The van der Waals surface area contributed by atoms with E-state index in [2.05, 4.69) is 20.8 Å². The average molecular weight is 174 g/mol. The Balaban J connectivity index is 2.35. The molecule has 3 nitrogen and oxygen atoms in total. The number of aliphatic hydroxyl groups excluding tert-OH is 1. The van der Waals surface area contributed by atoms with Crippen molar-refractivity contribution in [2.24, 2.45) is 5.41 Å². The second-order valence-electron chi connectivity index (χ2n) is 4.30. The molecule has 1 N–H and O–H groups in total. The van der Waals surface area contributed by atoms with E-state index in [0.717, 1.165) is 0 Å². The van der Waals surface area contributed by atoms with Crippen LogP contribution in [0.1, 0.15) is 27.2 Å². The number of hydrogen-bond donors (Lipinski definition) is 1. The van der Waals surface area contributed by atoms with Gasteiger partial charge in [0, 0.05) is 12.0 Å². The molecule has 0 amide bonds. The van der Waals surface area contributed by atoms with E-state index in [1.165, 1.54) is 0 Å². The van der Waals surface area contributed by atoms with Gasteiger partial charge in [0.05, 0.1) is 12.7 Å². The van der Waals surface area contributed by atoms with Crippen molar-refractivity contribution >= 4 is 0 Å². The molecule has 0 aromatic carbocycles. The maximum atomic E-state index is 8.68. The summed E-state index contributed by atoms with van der Waals surface area (Å²) < 4.78 is 11.0. The van der Waals surface area contributed by atoms with Crippen LogP contribution in [0.4, 0.5) is 0 Å². The molecule has 0 radical (unpaired) electrons. The zero-order valence-electron chi connectivity index (χ0n) is 8.04. The van der Waals surface area contributed by atoms with Gasteiger partial charge in [-0.2, -0.15) is 0 Å². The van der Waals surface area contributed by atoms with Crippen molar-refractivity contribution in [1.82, 2.24) is 0 Å². The Hall–Kier alpha value is -0.120. The first-order valence-corrected chi connectivity index (χ1v) is 4.42. The van der Waals surface area contributed by atoms with Gasteiger partial charge in [-0.05, 0) is 6.42 Å². The molecular weight excluding hydrogens is 156 g/mol. The second kappa shape index (κ2) is 3.73. The van der Waals surface area contributed by atoms with Crippen LogP contribution in [0.25, 0.3) is 0 Å². The van der Waals surface area contributed by atoms with Gasteiger partial charge in [-0.25, -0.2) is 0 Å². The third kappa shape index (κ3) is 2.44. The Labute approximate surface area is 73.7 Å². The summed E-state index contributed by atoms with van der Waals surface area (Å²) in [6.07, 6.45) is 0.639. The number of aliphatic hydroxyl groups is 1. The van der Waals surface area contributed by atoms with Crippen LogP contribution in [0, 0.1) is 5.41 Å². The zero-order valence-corrected chi connectivity index (χ0v) is 8.04. The van der Waals surface area contributed by atoms with Crippen LogP contribution in [0.3, 0.4) is 0 Å². The molecule has 0 aliphatic carbocycles. The van der Waals surface area contributed by atoms with Crippen molar-refractivity contribution in [3.05, 3.63) is 0 Å². The van der Waals surface area contributed by atoms with Gasteiger partial charge in [0.1, 0.15) is 0 Å². The van der Waals surface area contributed by atoms with E-state index in [1.54, 1.807) is 0 Å². The van der Waals surface area contributed by atoms with Crippen molar-refractivity contribution in [2.45, 2.75) is 39.6 Å². The molecule has 3 heteroatoms. The fraction of sp³-hybridized carbons (Fsp3) is 1.00. The smallest absolute Gasteiger partial charge is 0.162 e. The minimum absolute atomic E-state index is 0.0320. The molecule has 0 saturated carbocycles. The normalized spacial score (nSPS) is 31.0. The predicted octanol–water partition coefficient (Wildman–Crippen LogP) is 1.16. The molecule has 72 valence electrons. The lowest BCUT2D eigenvalue weighted by molar-refractivity contribution is -0.125. The Kier molecular flexibility index (Phi) is 3.09. The summed E-state index contributed by atoms with van der Waals surface area (Å²) in [6.45, 7) is 7.03. The molecule has 2 atom stereocenters. The highest BCUT2D eigenvalue weighted by atomic mass is 16.7. The highest BCUT2D eigenvalue weighted by Gasteiger charge is 2.34. The van der Waals surface area contributed by atoms with Gasteiger partial charge < -0.3 is 14.6 Å². The van der Waals surface area contributed by atoms with E-state index in [0.29, 0.717) is 13.0 Å². The lowest BCUT2D eigenvalue weighted by Crippen LogP contribution is -2.27. The molecular formula is C9H18O3. The summed E-state index contributed by atoms with van der Waals surface area (Å²) >= 11 is 0. The van der Waals surface area contributed by atoms with E-state index in [9.17, 15) is 0 Å². The van der Waals surface area contributed by atoms with Gasteiger partial charge in [0.25, 0.3) is 0 Å². The van der Waals surface area contributed by atoms with E-state index >= 15 is 0 Å². The lowest BCUT2D eigenvalue weighted by Gasteiger charge is -2.25. The van der Waals surface area contributed by atoms with E-state index in [1.807, 2.05) is 0 Å². The van der Waals surface area contributed by atoms with Crippen molar-refractivity contribution in [3.8, 4) is 0 Å². The molecule has 1 rings (SSSR count). The molecule has 1 aliphatic rings. The molecule has 1 heterocycles. The summed E-state index contributed by atoms with van der Waals surface area (Å²) in [4.78, 5) is 0. The van der Waals surface area contributed by atoms with Gasteiger partial charge in [-0.15, -0.1) is 0 Å². The molecule has 1 aliphatic heterocycles. The maximum absolute atomic E-state index is 8.68. The monoisotopic (exact) mass is 174 g/mol. The van der Waals surface area contributed by atoms with Crippen LogP contribution in [-0.2, 0) is 9.47 Å². The van der Waals surface area contributed by atoms with Crippen molar-refractivity contribution in [2.75, 3.05) is 13.2 Å². The molecule has 0 spiro atoms. The largest absolute Gasteiger partial charge is 0.396 e. The molecule has 0 aromatic rings. The number of rotatable bonds is 2. The Morgan fingerprint density at radius 1 is 1.42 bits per heavy atom. The summed E-state index contributed by atoms with van der Waals surface area (Å²) in [5, 5.41) is 8.68. The van der Waals surface area contributed by atoms with Crippen molar-refractivity contribution < 1.29 is 14.6 Å². The van der Waals surface area contributed by atoms with Gasteiger partial charge >= 0.3 is 0 Å².